The van der Waals surface area contributed by atoms with Gasteiger partial charge in [0.15, 0.2) is 0 Å². The lowest BCUT2D eigenvalue weighted by molar-refractivity contribution is -0.143. The van der Waals surface area contributed by atoms with E-state index in [4.69, 9.17) is 5.26 Å². The highest BCUT2D eigenvalue weighted by atomic mass is 19.4. The van der Waals surface area contributed by atoms with Gasteiger partial charge < -0.3 is 4.74 Å². The monoisotopic (exact) mass is 337 g/mol. The zero-order valence-corrected chi connectivity index (χ0v) is 11.5. The highest BCUT2D eigenvalue weighted by Gasteiger charge is 2.36. The quantitative estimate of drug-likeness (QED) is 0.360. The molecule has 0 atom stereocenters. The van der Waals surface area contributed by atoms with Gasteiger partial charge in [0, 0.05) is 0 Å². The number of benzene rings is 1. The van der Waals surface area contributed by atoms with Crippen molar-refractivity contribution >= 4 is 12.0 Å². The molecular formula is C14H9F6NO2. The summed E-state index contributed by atoms with van der Waals surface area (Å²) in [5.41, 5.74) is -4.38. The van der Waals surface area contributed by atoms with Crippen LogP contribution in [0.4, 0.5) is 26.3 Å². The molecule has 0 aliphatic heterocycles. The summed E-state index contributed by atoms with van der Waals surface area (Å²) in [5.74, 6) is -1.14. The molecule has 0 spiro atoms. The highest BCUT2D eigenvalue weighted by Crippen LogP contribution is 2.36. The molecule has 0 unspecified atom stereocenters. The number of alkyl halides is 6. The molecule has 3 nitrogen and oxygen atoms in total. The molecule has 23 heavy (non-hydrogen) atoms. The molecule has 0 heterocycles. The van der Waals surface area contributed by atoms with Crippen LogP contribution in [0, 0.1) is 11.3 Å². The number of esters is 1. The van der Waals surface area contributed by atoms with Crippen molar-refractivity contribution in [1.29, 1.82) is 5.26 Å². The van der Waals surface area contributed by atoms with Crippen LogP contribution in [0.3, 0.4) is 0 Å². The summed E-state index contributed by atoms with van der Waals surface area (Å²) in [6.45, 7) is 1.33. The normalized spacial score (nSPS) is 12.7. The van der Waals surface area contributed by atoms with Gasteiger partial charge in [0.2, 0.25) is 0 Å². The first-order valence-corrected chi connectivity index (χ1v) is 6.07. The van der Waals surface area contributed by atoms with Crippen molar-refractivity contribution in [2.75, 3.05) is 6.61 Å². The van der Waals surface area contributed by atoms with Crippen LogP contribution in [-0.4, -0.2) is 12.6 Å². The first-order valence-electron chi connectivity index (χ1n) is 6.07. The molecule has 1 aromatic carbocycles. The largest absolute Gasteiger partial charge is 0.462 e. The number of carbonyl (C=O) groups is 1. The van der Waals surface area contributed by atoms with Gasteiger partial charge in [0.05, 0.1) is 17.7 Å². The van der Waals surface area contributed by atoms with Crippen molar-refractivity contribution < 1.29 is 35.9 Å². The predicted molar refractivity (Wildman–Crippen MR) is 66.7 cm³/mol. The molecule has 0 saturated heterocycles. The summed E-state index contributed by atoms with van der Waals surface area (Å²) < 4.78 is 80.6. The second-order valence-corrected chi connectivity index (χ2v) is 4.23. The summed E-state index contributed by atoms with van der Waals surface area (Å²) in [6.07, 6.45) is -9.41. The zero-order chi connectivity index (χ0) is 17.8. The van der Waals surface area contributed by atoms with E-state index >= 15 is 0 Å². The van der Waals surface area contributed by atoms with Gasteiger partial charge >= 0.3 is 18.3 Å². The van der Waals surface area contributed by atoms with E-state index in [-0.39, 0.29) is 12.7 Å². The van der Waals surface area contributed by atoms with Crippen LogP contribution in [0.25, 0.3) is 6.08 Å². The van der Waals surface area contributed by atoms with E-state index in [0.717, 1.165) is 0 Å². The lowest BCUT2D eigenvalue weighted by atomic mass is 10.0. The van der Waals surface area contributed by atoms with Crippen LogP contribution in [0.1, 0.15) is 23.6 Å². The summed E-state index contributed by atoms with van der Waals surface area (Å²) >= 11 is 0. The Bertz CT molecular complexity index is 635. The Hall–Kier alpha value is -2.50. The van der Waals surface area contributed by atoms with Crippen molar-refractivity contribution in [3.63, 3.8) is 0 Å². The minimum atomic E-state index is -5.01. The fourth-order valence-corrected chi connectivity index (χ4v) is 1.57. The van der Waals surface area contributed by atoms with Crippen LogP contribution in [-0.2, 0) is 21.9 Å². The number of hydrogen-bond donors (Lipinski definition) is 0. The SMILES string of the molecule is CCOC(=O)/C(C#N)=C\c1cc(C(F)(F)F)cc(C(F)(F)F)c1. The maximum absolute atomic E-state index is 12.7. The maximum Gasteiger partial charge on any atom is 0.416 e. The van der Waals surface area contributed by atoms with E-state index in [1.807, 2.05) is 0 Å². The Labute approximate surface area is 126 Å². The standard InChI is InChI=1S/C14H9F6NO2/c1-2-23-12(22)9(7-21)3-8-4-10(13(15,16)17)6-11(5-8)14(18,19)20/h3-6H,2H2,1H3/b9-3-. The third-order valence-corrected chi connectivity index (χ3v) is 2.54. The molecular weight excluding hydrogens is 328 g/mol. The van der Waals surface area contributed by atoms with Crippen molar-refractivity contribution in [2.24, 2.45) is 0 Å². The van der Waals surface area contributed by atoms with Crippen LogP contribution < -0.4 is 0 Å². The first kappa shape index (κ1) is 18.5. The Morgan fingerprint density at radius 2 is 1.61 bits per heavy atom. The molecule has 124 valence electrons. The smallest absolute Gasteiger partial charge is 0.416 e. The molecule has 1 rings (SSSR count). The molecule has 9 heteroatoms. The van der Waals surface area contributed by atoms with Gasteiger partial charge in [0.25, 0.3) is 0 Å². The average molecular weight is 337 g/mol. The summed E-state index contributed by atoms with van der Waals surface area (Å²) in [7, 11) is 0. The highest BCUT2D eigenvalue weighted by molar-refractivity contribution is 5.97. The summed E-state index contributed by atoms with van der Waals surface area (Å²) in [6, 6.07) is 2.14. The van der Waals surface area contributed by atoms with Crippen LogP contribution in [0.2, 0.25) is 0 Å². The molecule has 0 aliphatic rings. The molecule has 0 amide bonds. The van der Waals surface area contributed by atoms with Gasteiger partial charge in [-0.15, -0.1) is 0 Å². The predicted octanol–water partition coefficient (Wildman–Crippen LogP) is 4.19. The van der Waals surface area contributed by atoms with Crippen LogP contribution in [0.15, 0.2) is 23.8 Å². The average Bonchev–Trinajstić information content (AvgIpc) is 2.42. The number of nitriles is 1. The topological polar surface area (TPSA) is 50.1 Å². The summed E-state index contributed by atoms with van der Waals surface area (Å²) in [4.78, 5) is 11.4. The van der Waals surface area contributed by atoms with Gasteiger partial charge in [0.1, 0.15) is 11.6 Å². The Kier molecular flexibility index (Phi) is 5.42. The van der Waals surface area contributed by atoms with E-state index in [1.54, 1.807) is 0 Å². The van der Waals surface area contributed by atoms with Crippen LogP contribution in [0.5, 0.6) is 0 Å². The first-order chi connectivity index (χ1) is 10.5. The Morgan fingerprint density at radius 3 is 1.96 bits per heavy atom. The molecule has 1 aromatic rings. The minimum absolute atomic E-state index is 0.0479. The molecule has 0 bridgehead atoms. The van der Waals surface area contributed by atoms with E-state index < -0.39 is 40.6 Å². The van der Waals surface area contributed by atoms with E-state index in [0.29, 0.717) is 18.2 Å². The number of rotatable bonds is 3. The molecule has 0 aliphatic carbocycles. The number of hydrogen-bond acceptors (Lipinski definition) is 3. The fourth-order valence-electron chi connectivity index (χ4n) is 1.57. The van der Waals surface area contributed by atoms with Gasteiger partial charge in [-0.1, -0.05) is 0 Å². The molecule has 0 aromatic heterocycles. The van der Waals surface area contributed by atoms with Crippen molar-refractivity contribution in [3.05, 3.63) is 40.5 Å². The van der Waals surface area contributed by atoms with Gasteiger partial charge in [-0.3, -0.25) is 0 Å². The lowest BCUT2D eigenvalue weighted by Crippen LogP contribution is -2.11. The second kappa shape index (κ2) is 6.73. The molecule has 0 N–H and O–H groups in total. The molecule has 0 radical (unpaired) electrons. The summed E-state index contributed by atoms with van der Waals surface area (Å²) in [5, 5.41) is 8.78. The minimum Gasteiger partial charge on any atom is -0.462 e. The van der Waals surface area contributed by atoms with Gasteiger partial charge in [-0.05, 0) is 36.8 Å². The number of carbonyl (C=O) groups excluding carboxylic acids is 1. The number of halogens is 6. The Balaban J connectivity index is 3.47. The van der Waals surface area contributed by atoms with Gasteiger partial charge in [-0.25, -0.2) is 4.79 Å². The van der Waals surface area contributed by atoms with Gasteiger partial charge in [-0.2, -0.15) is 31.6 Å². The molecule has 0 saturated carbocycles. The van der Waals surface area contributed by atoms with Crippen LogP contribution >= 0.6 is 0 Å². The molecule has 0 fully saturated rings. The number of ether oxygens (including phenoxy) is 1. The van der Waals surface area contributed by atoms with E-state index in [9.17, 15) is 31.1 Å². The van der Waals surface area contributed by atoms with Crippen molar-refractivity contribution in [3.8, 4) is 6.07 Å². The fraction of sp³-hybridized carbons (Fsp3) is 0.286. The van der Waals surface area contributed by atoms with Crippen molar-refractivity contribution in [1.82, 2.24) is 0 Å². The van der Waals surface area contributed by atoms with E-state index in [1.165, 1.54) is 13.0 Å². The third kappa shape index (κ3) is 5.02. The van der Waals surface area contributed by atoms with E-state index in [2.05, 4.69) is 4.74 Å². The maximum atomic E-state index is 12.7. The Morgan fingerprint density at radius 1 is 1.13 bits per heavy atom. The zero-order valence-electron chi connectivity index (χ0n) is 11.5. The number of nitrogens with zero attached hydrogens (tertiary/aromatic N) is 1. The second-order valence-electron chi connectivity index (χ2n) is 4.23. The van der Waals surface area contributed by atoms with Crippen molar-refractivity contribution in [2.45, 2.75) is 19.3 Å². The third-order valence-electron chi connectivity index (χ3n) is 2.54. The lowest BCUT2D eigenvalue weighted by Gasteiger charge is -2.13.